The molecule has 2 atom stereocenters. The lowest BCUT2D eigenvalue weighted by molar-refractivity contribution is -0.133. The normalized spacial score (nSPS) is 22.4. The van der Waals surface area contributed by atoms with Gasteiger partial charge in [0.1, 0.15) is 11.6 Å². The van der Waals surface area contributed by atoms with Gasteiger partial charge in [-0.15, -0.1) is 0 Å². The minimum absolute atomic E-state index is 0.00588. The van der Waals surface area contributed by atoms with Crippen LogP contribution in [0.1, 0.15) is 50.2 Å². The number of ether oxygens (including phenoxy) is 1. The Labute approximate surface area is 201 Å². The summed E-state index contributed by atoms with van der Waals surface area (Å²) in [4.78, 5) is 25.2. The van der Waals surface area contributed by atoms with E-state index in [1.807, 2.05) is 12.4 Å². The number of rotatable bonds is 9. The van der Waals surface area contributed by atoms with E-state index in [1.54, 1.807) is 17.0 Å². The Morgan fingerprint density at radius 2 is 1.91 bits per heavy atom. The number of benzene rings is 1. The number of aryl methyl sites for hydroxylation is 1. The average Bonchev–Trinajstić information content (AvgIpc) is 3.59. The number of likely N-dealkylation sites (tertiary alicyclic amines) is 1. The molecule has 2 aliphatic heterocycles. The summed E-state index contributed by atoms with van der Waals surface area (Å²) < 4.78 is 20.3. The van der Waals surface area contributed by atoms with Crippen LogP contribution in [0.5, 0.6) is 5.75 Å². The molecule has 182 valence electrons. The van der Waals surface area contributed by atoms with Gasteiger partial charge in [0.25, 0.3) is 0 Å². The van der Waals surface area contributed by atoms with Gasteiger partial charge in [-0.05, 0) is 73.5 Å². The number of carbonyl (C=O) groups is 1. The molecular weight excluding hydrogens is 431 g/mol. The molecule has 34 heavy (non-hydrogen) atoms. The molecule has 0 bridgehead atoms. The van der Waals surface area contributed by atoms with Crippen molar-refractivity contribution in [1.29, 1.82) is 0 Å². The summed E-state index contributed by atoms with van der Waals surface area (Å²) in [6.45, 7) is 6.38. The Morgan fingerprint density at radius 3 is 2.56 bits per heavy atom. The molecule has 1 aromatic carbocycles. The molecule has 0 spiro atoms. The second kappa shape index (κ2) is 10.3. The lowest BCUT2D eigenvalue weighted by atomic mass is 9.90. The van der Waals surface area contributed by atoms with Gasteiger partial charge in [0.15, 0.2) is 0 Å². The summed E-state index contributed by atoms with van der Waals surface area (Å²) in [7, 11) is 0. The van der Waals surface area contributed by atoms with Crippen LogP contribution in [-0.2, 0) is 17.6 Å². The third kappa shape index (κ3) is 5.34. The molecule has 0 radical (unpaired) electrons. The molecule has 3 heterocycles. The van der Waals surface area contributed by atoms with Gasteiger partial charge in [0.2, 0.25) is 11.9 Å². The van der Waals surface area contributed by atoms with E-state index in [-0.39, 0.29) is 18.1 Å². The number of hydrogen-bond acceptors (Lipinski definition) is 5. The number of piperidine rings is 1. The molecule has 1 amide bonds. The zero-order valence-corrected chi connectivity index (χ0v) is 20.1. The van der Waals surface area contributed by atoms with E-state index in [9.17, 15) is 9.18 Å². The van der Waals surface area contributed by atoms with Crippen molar-refractivity contribution in [1.82, 2.24) is 14.9 Å². The van der Waals surface area contributed by atoms with Crippen molar-refractivity contribution in [2.24, 2.45) is 17.8 Å². The van der Waals surface area contributed by atoms with Crippen LogP contribution in [0, 0.1) is 23.6 Å². The van der Waals surface area contributed by atoms with E-state index < -0.39 is 0 Å². The van der Waals surface area contributed by atoms with Crippen LogP contribution in [-0.4, -0.2) is 53.6 Å². The van der Waals surface area contributed by atoms with Crippen molar-refractivity contribution >= 4 is 11.9 Å². The molecule has 1 aliphatic carbocycles. The summed E-state index contributed by atoms with van der Waals surface area (Å²) >= 11 is 0. The zero-order chi connectivity index (χ0) is 23.5. The van der Waals surface area contributed by atoms with Crippen molar-refractivity contribution in [2.45, 2.75) is 51.9 Å². The Morgan fingerprint density at radius 1 is 1.15 bits per heavy atom. The third-order valence-corrected chi connectivity index (χ3v) is 7.84. The van der Waals surface area contributed by atoms with Gasteiger partial charge < -0.3 is 14.5 Å². The molecule has 2 saturated heterocycles. The van der Waals surface area contributed by atoms with Gasteiger partial charge in [-0.3, -0.25) is 4.79 Å². The summed E-state index contributed by atoms with van der Waals surface area (Å²) in [5.74, 6) is 3.35. The first-order valence-corrected chi connectivity index (χ1v) is 12.9. The topological polar surface area (TPSA) is 58.6 Å². The van der Waals surface area contributed by atoms with Crippen molar-refractivity contribution in [3.63, 3.8) is 0 Å². The fourth-order valence-corrected chi connectivity index (χ4v) is 5.33. The smallest absolute Gasteiger partial charge is 0.227 e. The molecule has 6 nitrogen and oxygen atoms in total. The van der Waals surface area contributed by atoms with Gasteiger partial charge in [-0.25, -0.2) is 14.4 Å². The zero-order valence-electron chi connectivity index (χ0n) is 20.1. The van der Waals surface area contributed by atoms with Crippen LogP contribution >= 0.6 is 0 Å². The molecule has 5 rings (SSSR count). The molecule has 2 aromatic rings. The lowest BCUT2D eigenvalue weighted by Crippen LogP contribution is -2.42. The minimum Gasteiger partial charge on any atom is -0.493 e. The third-order valence-electron chi connectivity index (χ3n) is 7.84. The first-order valence-electron chi connectivity index (χ1n) is 12.9. The second-order valence-electron chi connectivity index (χ2n) is 10.0. The van der Waals surface area contributed by atoms with Gasteiger partial charge >= 0.3 is 0 Å². The SMILES string of the molecule is CCc1cnc(N2CCC([C@H]3C[C@@H]3CCOc3ccc(CC(=O)N4CCC4)c(F)c3)CC2)nc1. The molecule has 0 N–H and O–H groups in total. The fourth-order valence-electron chi connectivity index (χ4n) is 5.33. The summed E-state index contributed by atoms with van der Waals surface area (Å²) in [5, 5.41) is 0. The molecule has 7 heteroatoms. The van der Waals surface area contributed by atoms with Crippen LogP contribution in [0.15, 0.2) is 30.6 Å². The minimum atomic E-state index is -0.351. The summed E-state index contributed by atoms with van der Waals surface area (Å²) in [5.41, 5.74) is 1.63. The van der Waals surface area contributed by atoms with E-state index in [1.165, 1.54) is 30.9 Å². The standard InChI is InChI=1S/C27H35FN4O2/c1-2-19-17-29-27(30-18-19)32-11-6-20(7-12-32)24-14-21(24)8-13-34-23-5-4-22(25(28)16-23)15-26(33)31-9-3-10-31/h4-5,16-18,20-21,24H,2-3,6-15H2,1H3/t21-,24+/m0/s1. The van der Waals surface area contributed by atoms with Gasteiger partial charge in [0.05, 0.1) is 13.0 Å². The Bertz CT molecular complexity index is 987. The average molecular weight is 467 g/mol. The molecule has 3 aliphatic rings. The molecule has 1 saturated carbocycles. The molecule has 0 unspecified atom stereocenters. The number of halogens is 1. The molecule has 1 aromatic heterocycles. The molecular formula is C27H35FN4O2. The van der Waals surface area contributed by atoms with Crippen LogP contribution in [0.25, 0.3) is 0 Å². The van der Waals surface area contributed by atoms with Gasteiger partial charge in [0, 0.05) is 44.6 Å². The largest absolute Gasteiger partial charge is 0.493 e. The number of nitrogens with zero attached hydrogens (tertiary/aromatic N) is 4. The van der Waals surface area contributed by atoms with Gasteiger partial charge in [-0.1, -0.05) is 13.0 Å². The number of hydrogen-bond donors (Lipinski definition) is 0. The highest BCUT2D eigenvalue weighted by Crippen LogP contribution is 2.49. The Hall–Kier alpha value is -2.70. The highest BCUT2D eigenvalue weighted by molar-refractivity contribution is 5.79. The highest BCUT2D eigenvalue weighted by Gasteiger charge is 2.43. The van der Waals surface area contributed by atoms with Gasteiger partial charge in [-0.2, -0.15) is 0 Å². The van der Waals surface area contributed by atoms with Crippen LogP contribution < -0.4 is 9.64 Å². The first-order chi connectivity index (χ1) is 16.6. The number of carbonyl (C=O) groups excluding carboxylic acids is 1. The van der Waals surface area contributed by atoms with E-state index in [0.717, 1.165) is 69.1 Å². The second-order valence-corrected chi connectivity index (χ2v) is 10.0. The van der Waals surface area contributed by atoms with E-state index in [0.29, 0.717) is 17.9 Å². The predicted molar refractivity (Wildman–Crippen MR) is 129 cm³/mol. The lowest BCUT2D eigenvalue weighted by Gasteiger charge is -2.32. The van der Waals surface area contributed by atoms with E-state index >= 15 is 0 Å². The summed E-state index contributed by atoms with van der Waals surface area (Å²) in [6, 6.07) is 4.90. The first kappa shape index (κ1) is 23.1. The number of aromatic nitrogens is 2. The number of anilines is 1. The van der Waals surface area contributed by atoms with Crippen molar-refractivity contribution < 1.29 is 13.9 Å². The predicted octanol–water partition coefficient (Wildman–Crippen LogP) is 4.27. The maximum Gasteiger partial charge on any atom is 0.227 e. The Balaban J connectivity index is 1.02. The number of amides is 1. The van der Waals surface area contributed by atoms with Crippen LogP contribution in [0.4, 0.5) is 10.3 Å². The van der Waals surface area contributed by atoms with Crippen LogP contribution in [0.3, 0.4) is 0 Å². The van der Waals surface area contributed by atoms with Crippen molar-refractivity contribution in [3.05, 3.63) is 47.5 Å². The fraction of sp³-hybridized carbons (Fsp3) is 0.593. The van der Waals surface area contributed by atoms with E-state index in [4.69, 9.17) is 4.74 Å². The summed E-state index contributed by atoms with van der Waals surface area (Å²) in [6.07, 6.45) is 10.7. The van der Waals surface area contributed by atoms with Crippen molar-refractivity contribution in [2.75, 3.05) is 37.7 Å². The van der Waals surface area contributed by atoms with Crippen LogP contribution in [0.2, 0.25) is 0 Å². The van der Waals surface area contributed by atoms with E-state index in [2.05, 4.69) is 21.8 Å². The molecule has 3 fully saturated rings. The maximum atomic E-state index is 14.4. The monoisotopic (exact) mass is 466 g/mol. The quantitative estimate of drug-likeness (QED) is 0.552. The maximum absolute atomic E-state index is 14.4. The van der Waals surface area contributed by atoms with Crippen molar-refractivity contribution in [3.8, 4) is 5.75 Å². The Kier molecular flexibility index (Phi) is 6.97. The highest BCUT2D eigenvalue weighted by atomic mass is 19.1.